The van der Waals surface area contributed by atoms with Gasteiger partial charge in [-0.15, -0.1) is 0 Å². The van der Waals surface area contributed by atoms with E-state index in [-0.39, 0.29) is 0 Å². The standard InChI is InChI=1S/C16H33N/c1-3-4-5-6-7-8-9-10-13-17-16-12-11-15(2)14-16/h15-17H,3-14H2,1-2H3. The SMILES string of the molecule is CCCCCCCCCCNC1CCC(C)C1. The molecular weight excluding hydrogens is 206 g/mol. The lowest BCUT2D eigenvalue weighted by Gasteiger charge is -2.11. The van der Waals surface area contributed by atoms with Gasteiger partial charge in [0.2, 0.25) is 0 Å². The van der Waals surface area contributed by atoms with Crippen LogP contribution in [0.2, 0.25) is 0 Å². The van der Waals surface area contributed by atoms with Gasteiger partial charge in [-0.3, -0.25) is 0 Å². The summed E-state index contributed by atoms with van der Waals surface area (Å²) in [6, 6.07) is 0.842. The summed E-state index contributed by atoms with van der Waals surface area (Å²) in [5.74, 6) is 0.964. The van der Waals surface area contributed by atoms with Crippen molar-refractivity contribution in [2.24, 2.45) is 5.92 Å². The summed E-state index contributed by atoms with van der Waals surface area (Å²) < 4.78 is 0. The normalized spacial score (nSPS) is 24.4. The van der Waals surface area contributed by atoms with Crippen molar-refractivity contribution in [1.29, 1.82) is 0 Å². The van der Waals surface area contributed by atoms with Gasteiger partial charge in [0.05, 0.1) is 0 Å². The molecule has 0 aromatic rings. The molecule has 1 aliphatic rings. The lowest BCUT2D eigenvalue weighted by molar-refractivity contribution is 0.481. The summed E-state index contributed by atoms with van der Waals surface area (Å²) in [5.41, 5.74) is 0. The van der Waals surface area contributed by atoms with Gasteiger partial charge in [0.25, 0.3) is 0 Å². The van der Waals surface area contributed by atoms with Crippen molar-refractivity contribution in [2.75, 3.05) is 6.54 Å². The molecule has 0 spiro atoms. The molecule has 0 aliphatic heterocycles. The molecule has 1 nitrogen and oxygen atoms in total. The third-order valence-corrected chi connectivity index (χ3v) is 4.16. The molecule has 1 aliphatic carbocycles. The van der Waals surface area contributed by atoms with Crippen LogP contribution in [0.4, 0.5) is 0 Å². The highest BCUT2D eigenvalue weighted by Gasteiger charge is 2.19. The van der Waals surface area contributed by atoms with Crippen LogP contribution in [0.3, 0.4) is 0 Å². The Morgan fingerprint density at radius 3 is 2.12 bits per heavy atom. The molecule has 0 amide bonds. The predicted molar refractivity (Wildman–Crippen MR) is 77.4 cm³/mol. The van der Waals surface area contributed by atoms with E-state index in [1.807, 2.05) is 0 Å². The van der Waals surface area contributed by atoms with Crippen LogP contribution in [0, 0.1) is 5.92 Å². The molecule has 0 radical (unpaired) electrons. The van der Waals surface area contributed by atoms with E-state index >= 15 is 0 Å². The number of nitrogens with one attached hydrogen (secondary N) is 1. The Kier molecular flexibility index (Phi) is 8.78. The van der Waals surface area contributed by atoms with Crippen LogP contribution >= 0.6 is 0 Å². The molecule has 0 aromatic heterocycles. The molecule has 0 heterocycles. The third kappa shape index (κ3) is 7.81. The van der Waals surface area contributed by atoms with Crippen LogP contribution in [0.15, 0.2) is 0 Å². The van der Waals surface area contributed by atoms with Crippen LogP contribution in [0.5, 0.6) is 0 Å². The van der Waals surface area contributed by atoms with Crippen LogP contribution < -0.4 is 5.32 Å². The molecule has 2 atom stereocenters. The second-order valence-corrected chi connectivity index (χ2v) is 6.04. The highest BCUT2D eigenvalue weighted by atomic mass is 14.9. The van der Waals surface area contributed by atoms with E-state index in [1.54, 1.807) is 0 Å². The molecule has 1 saturated carbocycles. The van der Waals surface area contributed by atoms with Gasteiger partial charge in [-0.25, -0.2) is 0 Å². The summed E-state index contributed by atoms with van der Waals surface area (Å²) in [7, 11) is 0. The second-order valence-electron chi connectivity index (χ2n) is 6.04. The molecule has 0 saturated heterocycles. The van der Waals surface area contributed by atoms with Crippen molar-refractivity contribution >= 4 is 0 Å². The highest BCUT2D eigenvalue weighted by molar-refractivity contribution is 4.77. The van der Waals surface area contributed by atoms with E-state index < -0.39 is 0 Å². The van der Waals surface area contributed by atoms with E-state index in [2.05, 4.69) is 19.2 Å². The van der Waals surface area contributed by atoms with Crippen molar-refractivity contribution in [3.63, 3.8) is 0 Å². The Balaban J connectivity index is 1.75. The molecule has 1 heteroatoms. The first-order valence-corrected chi connectivity index (χ1v) is 8.06. The third-order valence-electron chi connectivity index (χ3n) is 4.16. The smallest absolute Gasteiger partial charge is 0.00696 e. The minimum atomic E-state index is 0.842. The largest absolute Gasteiger partial charge is 0.314 e. The molecule has 0 aromatic carbocycles. The fourth-order valence-corrected chi connectivity index (χ4v) is 2.96. The maximum atomic E-state index is 3.72. The fraction of sp³-hybridized carbons (Fsp3) is 1.00. The molecule has 2 unspecified atom stereocenters. The van der Waals surface area contributed by atoms with E-state index in [1.165, 1.54) is 77.2 Å². The van der Waals surface area contributed by atoms with Gasteiger partial charge in [0.1, 0.15) is 0 Å². The Hall–Kier alpha value is -0.0400. The van der Waals surface area contributed by atoms with Gasteiger partial charge in [-0.2, -0.15) is 0 Å². The topological polar surface area (TPSA) is 12.0 Å². The summed E-state index contributed by atoms with van der Waals surface area (Å²) >= 11 is 0. The number of unbranched alkanes of at least 4 members (excludes halogenated alkanes) is 7. The van der Waals surface area contributed by atoms with E-state index in [0.29, 0.717) is 0 Å². The lowest BCUT2D eigenvalue weighted by Crippen LogP contribution is -2.27. The number of rotatable bonds is 10. The van der Waals surface area contributed by atoms with Crippen molar-refractivity contribution in [2.45, 2.75) is 90.5 Å². The molecule has 17 heavy (non-hydrogen) atoms. The van der Waals surface area contributed by atoms with Gasteiger partial charge in [-0.05, 0) is 38.1 Å². The average molecular weight is 239 g/mol. The van der Waals surface area contributed by atoms with E-state index in [9.17, 15) is 0 Å². The first kappa shape index (κ1) is 15.0. The highest BCUT2D eigenvalue weighted by Crippen LogP contribution is 2.24. The molecule has 1 N–H and O–H groups in total. The van der Waals surface area contributed by atoms with Gasteiger partial charge < -0.3 is 5.32 Å². The zero-order valence-electron chi connectivity index (χ0n) is 12.1. The zero-order chi connectivity index (χ0) is 12.3. The van der Waals surface area contributed by atoms with Crippen LogP contribution in [-0.4, -0.2) is 12.6 Å². The molecule has 1 fully saturated rings. The number of hydrogen-bond acceptors (Lipinski definition) is 1. The minimum Gasteiger partial charge on any atom is -0.314 e. The Morgan fingerprint density at radius 2 is 1.53 bits per heavy atom. The Labute approximate surface area is 109 Å². The van der Waals surface area contributed by atoms with Crippen LogP contribution in [-0.2, 0) is 0 Å². The first-order chi connectivity index (χ1) is 8.33. The summed E-state index contributed by atoms with van der Waals surface area (Å²) in [6.45, 7) is 5.93. The van der Waals surface area contributed by atoms with Crippen molar-refractivity contribution in [3.05, 3.63) is 0 Å². The molecular formula is C16H33N. The lowest BCUT2D eigenvalue weighted by atomic mass is 10.1. The monoisotopic (exact) mass is 239 g/mol. The zero-order valence-corrected chi connectivity index (χ0v) is 12.1. The Morgan fingerprint density at radius 1 is 0.882 bits per heavy atom. The predicted octanol–water partition coefficient (Wildman–Crippen LogP) is 4.91. The maximum Gasteiger partial charge on any atom is 0.00696 e. The van der Waals surface area contributed by atoms with Gasteiger partial charge in [0, 0.05) is 6.04 Å². The maximum absolute atomic E-state index is 3.72. The first-order valence-electron chi connectivity index (χ1n) is 8.06. The van der Waals surface area contributed by atoms with E-state index in [4.69, 9.17) is 0 Å². The second kappa shape index (κ2) is 9.94. The van der Waals surface area contributed by atoms with Gasteiger partial charge >= 0.3 is 0 Å². The van der Waals surface area contributed by atoms with Gasteiger partial charge in [-0.1, -0.05) is 58.8 Å². The minimum absolute atomic E-state index is 0.842. The fourth-order valence-electron chi connectivity index (χ4n) is 2.96. The van der Waals surface area contributed by atoms with E-state index in [0.717, 1.165) is 12.0 Å². The Bertz CT molecular complexity index is 167. The van der Waals surface area contributed by atoms with Crippen LogP contribution in [0.1, 0.15) is 84.5 Å². The van der Waals surface area contributed by atoms with Crippen molar-refractivity contribution < 1.29 is 0 Å². The summed E-state index contributed by atoms with van der Waals surface area (Å²) in [4.78, 5) is 0. The molecule has 102 valence electrons. The van der Waals surface area contributed by atoms with Crippen LogP contribution in [0.25, 0.3) is 0 Å². The average Bonchev–Trinajstić information content (AvgIpc) is 2.73. The number of hydrogen-bond donors (Lipinski definition) is 1. The van der Waals surface area contributed by atoms with Crippen molar-refractivity contribution in [3.8, 4) is 0 Å². The van der Waals surface area contributed by atoms with Crippen molar-refractivity contribution in [1.82, 2.24) is 5.32 Å². The molecule has 0 bridgehead atoms. The summed E-state index contributed by atoms with van der Waals surface area (Å²) in [6.07, 6.45) is 15.7. The molecule has 1 rings (SSSR count). The van der Waals surface area contributed by atoms with Gasteiger partial charge in [0.15, 0.2) is 0 Å². The quantitative estimate of drug-likeness (QED) is 0.534. The summed E-state index contributed by atoms with van der Waals surface area (Å²) in [5, 5.41) is 3.72.